The fourth-order valence-corrected chi connectivity index (χ4v) is 4.00. The van der Waals surface area contributed by atoms with Gasteiger partial charge >= 0.3 is 0 Å². The molecule has 2 rings (SSSR count). The minimum Gasteiger partial charge on any atom is -0.377 e. The largest absolute Gasteiger partial charge is 0.377 e. The molecule has 1 aromatic rings. The summed E-state index contributed by atoms with van der Waals surface area (Å²) < 4.78 is 54.4. The molecule has 0 spiro atoms. The molecule has 0 heterocycles. The van der Waals surface area contributed by atoms with Crippen LogP contribution in [0.5, 0.6) is 0 Å². The maximum Gasteiger partial charge on any atom is 0.261 e. The maximum absolute atomic E-state index is 12.1. The van der Waals surface area contributed by atoms with Gasteiger partial charge in [-0.15, -0.1) is 0 Å². The molecule has 1 fully saturated rings. The van der Waals surface area contributed by atoms with E-state index in [-0.39, 0.29) is 16.3 Å². The smallest absolute Gasteiger partial charge is 0.261 e. The standard InChI is InChI=1S/C12H16ClNO5S2/c1-19-12(7-2-8-12)9-14-21(17,18)11-5-3-10(4-6-11)20(13,15)16/h3-6,14H,2,7-9H2,1H3. The number of ether oxygens (including phenoxy) is 1. The molecule has 1 N–H and O–H groups in total. The number of methoxy groups -OCH3 is 1. The van der Waals surface area contributed by atoms with Crippen LogP contribution in [0.3, 0.4) is 0 Å². The van der Waals surface area contributed by atoms with Crippen molar-refractivity contribution >= 4 is 29.8 Å². The highest BCUT2D eigenvalue weighted by atomic mass is 35.7. The van der Waals surface area contributed by atoms with Gasteiger partial charge in [-0.2, -0.15) is 0 Å². The molecule has 0 radical (unpaired) electrons. The van der Waals surface area contributed by atoms with Crippen LogP contribution in [0.15, 0.2) is 34.1 Å². The summed E-state index contributed by atoms with van der Waals surface area (Å²) in [6, 6.07) is 4.73. The Balaban J connectivity index is 2.12. The second-order valence-corrected chi connectivity index (χ2v) is 9.31. The topological polar surface area (TPSA) is 89.5 Å². The molecule has 0 aliphatic heterocycles. The van der Waals surface area contributed by atoms with Crippen molar-refractivity contribution in [2.45, 2.75) is 34.7 Å². The molecule has 1 saturated carbocycles. The van der Waals surface area contributed by atoms with E-state index in [1.165, 1.54) is 12.1 Å². The normalized spacial score (nSPS) is 18.2. The van der Waals surface area contributed by atoms with E-state index < -0.39 is 24.7 Å². The molecule has 6 nitrogen and oxygen atoms in total. The summed E-state index contributed by atoms with van der Waals surface area (Å²) in [5.41, 5.74) is -0.424. The van der Waals surface area contributed by atoms with E-state index in [4.69, 9.17) is 15.4 Å². The molecule has 0 aromatic heterocycles. The fraction of sp³-hybridized carbons (Fsp3) is 0.500. The molecular formula is C12H16ClNO5S2. The first-order valence-corrected chi connectivity index (χ1v) is 10.1. The average Bonchev–Trinajstić information content (AvgIpc) is 2.37. The van der Waals surface area contributed by atoms with Gasteiger partial charge in [-0.1, -0.05) is 0 Å². The van der Waals surface area contributed by atoms with Gasteiger partial charge < -0.3 is 4.74 Å². The molecule has 0 saturated heterocycles. The Bertz CT molecular complexity index is 703. The molecule has 1 aliphatic rings. The summed E-state index contributed by atoms with van der Waals surface area (Å²) in [5.74, 6) is 0. The van der Waals surface area contributed by atoms with Crippen LogP contribution in [0.2, 0.25) is 0 Å². The van der Waals surface area contributed by atoms with E-state index in [1.54, 1.807) is 7.11 Å². The Morgan fingerprint density at radius 2 is 1.67 bits per heavy atom. The van der Waals surface area contributed by atoms with Crippen LogP contribution in [-0.4, -0.2) is 36.1 Å². The Kier molecular flexibility index (Phi) is 4.65. The van der Waals surface area contributed by atoms with Crippen LogP contribution >= 0.6 is 10.7 Å². The van der Waals surface area contributed by atoms with E-state index >= 15 is 0 Å². The molecular weight excluding hydrogens is 338 g/mol. The molecule has 0 atom stereocenters. The number of benzene rings is 1. The number of sulfonamides is 1. The van der Waals surface area contributed by atoms with Gasteiger partial charge in [0.2, 0.25) is 10.0 Å². The first kappa shape index (κ1) is 16.7. The van der Waals surface area contributed by atoms with Crippen LogP contribution in [0.1, 0.15) is 19.3 Å². The zero-order valence-corrected chi connectivity index (χ0v) is 13.8. The third-order valence-corrected chi connectivity index (χ3v) is 6.48. The van der Waals surface area contributed by atoms with Gasteiger partial charge in [0.05, 0.1) is 15.4 Å². The van der Waals surface area contributed by atoms with Gasteiger partial charge in [0, 0.05) is 24.3 Å². The Morgan fingerprint density at radius 1 is 1.14 bits per heavy atom. The summed E-state index contributed by atoms with van der Waals surface area (Å²) in [4.78, 5) is -0.160. The van der Waals surface area contributed by atoms with Crippen LogP contribution in [-0.2, 0) is 23.8 Å². The molecule has 21 heavy (non-hydrogen) atoms. The average molecular weight is 354 g/mol. The highest BCUT2D eigenvalue weighted by Gasteiger charge is 2.38. The molecule has 0 unspecified atom stereocenters. The van der Waals surface area contributed by atoms with Crippen molar-refractivity contribution in [1.29, 1.82) is 0 Å². The van der Waals surface area contributed by atoms with Crippen molar-refractivity contribution in [2.24, 2.45) is 0 Å². The molecule has 1 aliphatic carbocycles. The summed E-state index contributed by atoms with van der Waals surface area (Å²) in [6.45, 7) is 0.196. The predicted octanol–water partition coefficient (Wildman–Crippen LogP) is 1.46. The maximum atomic E-state index is 12.1. The summed E-state index contributed by atoms with van der Waals surface area (Å²) >= 11 is 0. The zero-order chi connectivity index (χ0) is 15.7. The fourth-order valence-electron chi connectivity index (χ4n) is 2.12. The molecule has 118 valence electrons. The quantitative estimate of drug-likeness (QED) is 0.782. The second kappa shape index (κ2) is 5.85. The number of nitrogens with one attached hydrogen (secondary N) is 1. The third-order valence-electron chi connectivity index (χ3n) is 3.70. The second-order valence-electron chi connectivity index (χ2n) is 4.97. The van der Waals surface area contributed by atoms with E-state index in [1.807, 2.05) is 0 Å². The van der Waals surface area contributed by atoms with E-state index in [2.05, 4.69) is 4.72 Å². The monoisotopic (exact) mass is 353 g/mol. The Hall–Kier alpha value is -0.670. The van der Waals surface area contributed by atoms with Crippen molar-refractivity contribution < 1.29 is 21.6 Å². The van der Waals surface area contributed by atoms with Gasteiger partial charge in [-0.25, -0.2) is 21.6 Å². The first-order chi connectivity index (χ1) is 9.69. The number of rotatable bonds is 6. The molecule has 1 aromatic carbocycles. The van der Waals surface area contributed by atoms with Crippen molar-refractivity contribution in [1.82, 2.24) is 4.72 Å². The lowest BCUT2D eigenvalue weighted by Gasteiger charge is -2.40. The van der Waals surface area contributed by atoms with Crippen molar-refractivity contribution in [3.63, 3.8) is 0 Å². The van der Waals surface area contributed by atoms with Crippen LogP contribution in [0.25, 0.3) is 0 Å². The third kappa shape index (κ3) is 3.75. The summed E-state index contributed by atoms with van der Waals surface area (Å²) in [5, 5.41) is 0. The van der Waals surface area contributed by atoms with E-state index in [0.29, 0.717) is 0 Å². The molecule has 9 heteroatoms. The Morgan fingerprint density at radius 3 is 2.05 bits per heavy atom. The van der Waals surface area contributed by atoms with Crippen molar-refractivity contribution in [2.75, 3.05) is 13.7 Å². The lowest BCUT2D eigenvalue weighted by molar-refractivity contribution is -0.0659. The van der Waals surface area contributed by atoms with Gasteiger partial charge in [-0.3, -0.25) is 0 Å². The van der Waals surface area contributed by atoms with Crippen molar-refractivity contribution in [3.8, 4) is 0 Å². The van der Waals surface area contributed by atoms with Gasteiger partial charge in [0.1, 0.15) is 0 Å². The van der Waals surface area contributed by atoms with E-state index in [9.17, 15) is 16.8 Å². The number of hydrogen-bond acceptors (Lipinski definition) is 5. The molecule has 0 amide bonds. The SMILES string of the molecule is COC1(CNS(=O)(=O)c2ccc(S(=O)(=O)Cl)cc2)CCC1. The molecule has 0 bridgehead atoms. The number of hydrogen-bond donors (Lipinski definition) is 1. The lowest BCUT2D eigenvalue weighted by atomic mass is 9.80. The predicted molar refractivity (Wildman–Crippen MR) is 78.3 cm³/mol. The minimum absolute atomic E-state index is 0.0165. The van der Waals surface area contributed by atoms with Gasteiger partial charge in [-0.05, 0) is 43.5 Å². The zero-order valence-electron chi connectivity index (χ0n) is 11.4. The lowest BCUT2D eigenvalue weighted by Crippen LogP contribution is -2.49. The van der Waals surface area contributed by atoms with Gasteiger partial charge in [0.25, 0.3) is 9.05 Å². The highest BCUT2D eigenvalue weighted by molar-refractivity contribution is 8.13. The summed E-state index contributed by atoms with van der Waals surface area (Å²) in [7, 11) is -0.827. The van der Waals surface area contributed by atoms with Crippen LogP contribution < -0.4 is 4.72 Å². The summed E-state index contributed by atoms with van der Waals surface area (Å²) in [6.07, 6.45) is 2.64. The first-order valence-electron chi connectivity index (χ1n) is 6.28. The van der Waals surface area contributed by atoms with Gasteiger partial charge in [0.15, 0.2) is 0 Å². The van der Waals surface area contributed by atoms with Crippen molar-refractivity contribution in [3.05, 3.63) is 24.3 Å². The minimum atomic E-state index is -3.86. The van der Waals surface area contributed by atoms with E-state index in [0.717, 1.165) is 31.4 Å². The highest BCUT2D eigenvalue weighted by Crippen LogP contribution is 2.34. The van der Waals surface area contributed by atoms with Crippen LogP contribution in [0, 0.1) is 0 Å². The Labute approximate surface area is 128 Å². The van der Waals surface area contributed by atoms with Crippen LogP contribution in [0.4, 0.5) is 0 Å². The number of halogens is 1.